The first-order valence-electron chi connectivity index (χ1n) is 10.1. The molecule has 5 nitrogen and oxygen atoms in total. The van der Waals surface area contributed by atoms with E-state index in [2.05, 4.69) is 19.1 Å². The van der Waals surface area contributed by atoms with Crippen molar-refractivity contribution >= 4 is 0 Å². The van der Waals surface area contributed by atoms with Crippen LogP contribution in [0.2, 0.25) is 0 Å². The second-order valence-electron chi connectivity index (χ2n) is 6.94. The highest BCUT2D eigenvalue weighted by Gasteiger charge is 2.40. The highest BCUT2D eigenvalue weighted by molar-refractivity contribution is 4.88. The van der Waals surface area contributed by atoms with Crippen LogP contribution in [0.5, 0.6) is 0 Å². The van der Waals surface area contributed by atoms with Crippen molar-refractivity contribution in [2.45, 2.75) is 95.5 Å². The van der Waals surface area contributed by atoms with Gasteiger partial charge >= 0.3 is 0 Å². The number of hydrogen-bond acceptors (Lipinski definition) is 5. The van der Waals surface area contributed by atoms with Crippen molar-refractivity contribution in [1.29, 1.82) is 0 Å². The van der Waals surface area contributed by atoms with Crippen molar-refractivity contribution in [3.8, 4) is 0 Å². The van der Waals surface area contributed by atoms with Crippen LogP contribution in [0.1, 0.15) is 71.1 Å². The van der Waals surface area contributed by atoms with Crippen LogP contribution in [-0.2, 0) is 9.47 Å². The minimum Gasteiger partial charge on any atom is -0.394 e. The number of allylic oxidation sites excluding steroid dienone is 2. The summed E-state index contributed by atoms with van der Waals surface area (Å²) in [7, 11) is 0. The van der Waals surface area contributed by atoms with Crippen molar-refractivity contribution in [2.24, 2.45) is 0 Å². The monoisotopic (exact) mass is 358 g/mol. The highest BCUT2D eigenvalue weighted by Crippen LogP contribution is 2.20. The molecule has 0 spiro atoms. The van der Waals surface area contributed by atoms with Gasteiger partial charge in [-0.25, -0.2) is 0 Å². The Morgan fingerprint density at radius 3 is 2.32 bits per heavy atom. The molecule has 0 aromatic carbocycles. The van der Waals surface area contributed by atoms with E-state index in [1.165, 1.54) is 44.9 Å². The molecule has 148 valence electrons. The predicted octanol–water partition coefficient (Wildman–Crippen LogP) is 2.96. The van der Waals surface area contributed by atoms with Gasteiger partial charge in [-0.3, -0.25) is 0 Å². The molecule has 1 aliphatic rings. The minimum absolute atomic E-state index is 0.274. The molecule has 0 amide bonds. The van der Waals surface area contributed by atoms with Gasteiger partial charge in [0.1, 0.15) is 24.4 Å². The molecule has 0 saturated carbocycles. The molecule has 1 aliphatic heterocycles. The Morgan fingerprint density at radius 2 is 1.68 bits per heavy atom. The summed E-state index contributed by atoms with van der Waals surface area (Å²) < 4.78 is 11.0. The maximum atomic E-state index is 10.0. The molecule has 1 rings (SSSR count). The Hall–Kier alpha value is -0.460. The van der Waals surface area contributed by atoms with Gasteiger partial charge in [0.25, 0.3) is 0 Å². The van der Waals surface area contributed by atoms with Crippen LogP contribution in [0.4, 0.5) is 0 Å². The second-order valence-corrected chi connectivity index (χ2v) is 6.94. The van der Waals surface area contributed by atoms with E-state index in [1.54, 1.807) is 0 Å². The molecule has 0 aromatic rings. The van der Waals surface area contributed by atoms with Gasteiger partial charge in [-0.1, -0.05) is 57.6 Å². The van der Waals surface area contributed by atoms with Crippen molar-refractivity contribution in [1.82, 2.24) is 0 Å². The molecule has 1 heterocycles. The number of hydrogen-bond donors (Lipinski definition) is 3. The average molecular weight is 359 g/mol. The van der Waals surface area contributed by atoms with Gasteiger partial charge in [-0.15, -0.1) is 0 Å². The fourth-order valence-electron chi connectivity index (χ4n) is 3.15. The highest BCUT2D eigenvalue weighted by atomic mass is 16.6. The van der Waals surface area contributed by atoms with E-state index in [9.17, 15) is 10.2 Å². The zero-order chi connectivity index (χ0) is 18.3. The first-order valence-corrected chi connectivity index (χ1v) is 10.1. The van der Waals surface area contributed by atoms with Gasteiger partial charge in [0, 0.05) is 6.61 Å². The summed E-state index contributed by atoms with van der Waals surface area (Å²) in [5, 5.41) is 28.5. The van der Waals surface area contributed by atoms with Crippen LogP contribution in [0.3, 0.4) is 0 Å². The standard InChI is InChI=1S/C20H38O5/c1-2-3-4-5-6-7-8-9-10-11-12-13-14-24-18-16-25-20(19(18)23)17(22)15-21/h3-4,17-23H,2,5-16H2,1H3/b4-3+/t17-,18+,19-,20-/m0/s1. The van der Waals surface area contributed by atoms with Gasteiger partial charge in [-0.05, 0) is 25.7 Å². The first kappa shape index (κ1) is 22.6. The van der Waals surface area contributed by atoms with E-state index in [1.807, 2.05) is 0 Å². The molecular weight excluding hydrogens is 320 g/mol. The molecule has 0 radical (unpaired) electrons. The Morgan fingerprint density at radius 1 is 1.04 bits per heavy atom. The Kier molecular flexibility index (Phi) is 13.3. The van der Waals surface area contributed by atoms with Crippen LogP contribution in [0.25, 0.3) is 0 Å². The Balaban J connectivity index is 1.88. The number of aliphatic hydroxyl groups excluding tert-OH is 3. The second kappa shape index (κ2) is 14.7. The molecule has 0 aliphatic carbocycles. The molecule has 0 bridgehead atoms. The molecule has 3 N–H and O–H groups in total. The minimum atomic E-state index is -1.05. The van der Waals surface area contributed by atoms with E-state index >= 15 is 0 Å². The largest absolute Gasteiger partial charge is 0.394 e. The van der Waals surface area contributed by atoms with E-state index in [-0.39, 0.29) is 6.61 Å². The number of unbranched alkanes of at least 4 members (excludes halogenated alkanes) is 8. The van der Waals surface area contributed by atoms with Crippen molar-refractivity contribution in [3.63, 3.8) is 0 Å². The maximum absolute atomic E-state index is 10.0. The summed E-state index contributed by atoms with van der Waals surface area (Å²) in [6.45, 7) is 2.64. The summed E-state index contributed by atoms with van der Waals surface area (Å²) in [6.07, 6.45) is 13.8. The Labute approximate surface area is 153 Å². The predicted molar refractivity (Wildman–Crippen MR) is 99.6 cm³/mol. The quantitative estimate of drug-likeness (QED) is 0.310. The molecule has 4 atom stereocenters. The summed E-state index contributed by atoms with van der Waals surface area (Å²) in [4.78, 5) is 0. The van der Waals surface area contributed by atoms with Crippen LogP contribution in [-0.4, -0.2) is 59.6 Å². The van der Waals surface area contributed by atoms with Crippen molar-refractivity contribution in [3.05, 3.63) is 12.2 Å². The molecule has 1 fully saturated rings. The number of aliphatic hydroxyl groups is 3. The van der Waals surface area contributed by atoms with E-state index in [4.69, 9.17) is 14.6 Å². The lowest BCUT2D eigenvalue weighted by Crippen LogP contribution is -2.41. The van der Waals surface area contributed by atoms with Gasteiger partial charge < -0.3 is 24.8 Å². The average Bonchev–Trinajstić information content (AvgIpc) is 2.99. The molecular formula is C20H38O5. The lowest BCUT2D eigenvalue weighted by atomic mass is 10.1. The summed E-state index contributed by atoms with van der Waals surface area (Å²) in [5.41, 5.74) is 0. The van der Waals surface area contributed by atoms with Crippen LogP contribution < -0.4 is 0 Å². The third kappa shape index (κ3) is 9.71. The topological polar surface area (TPSA) is 79.2 Å². The Bertz CT molecular complexity index is 334. The van der Waals surface area contributed by atoms with Crippen LogP contribution in [0, 0.1) is 0 Å². The first-order chi connectivity index (χ1) is 12.2. The van der Waals surface area contributed by atoms with E-state index < -0.39 is 31.0 Å². The van der Waals surface area contributed by atoms with Gasteiger partial charge in [-0.2, -0.15) is 0 Å². The lowest BCUT2D eigenvalue weighted by molar-refractivity contribution is -0.0730. The molecule has 0 aromatic heterocycles. The van der Waals surface area contributed by atoms with Crippen molar-refractivity contribution in [2.75, 3.05) is 19.8 Å². The molecule has 1 saturated heterocycles. The summed E-state index contributed by atoms with van der Waals surface area (Å²) in [6, 6.07) is 0. The molecule has 5 heteroatoms. The summed E-state index contributed by atoms with van der Waals surface area (Å²) >= 11 is 0. The lowest BCUT2D eigenvalue weighted by Gasteiger charge is -2.20. The zero-order valence-electron chi connectivity index (χ0n) is 15.8. The van der Waals surface area contributed by atoms with Crippen LogP contribution >= 0.6 is 0 Å². The van der Waals surface area contributed by atoms with Gasteiger partial charge in [0.05, 0.1) is 13.2 Å². The smallest absolute Gasteiger partial charge is 0.114 e. The van der Waals surface area contributed by atoms with Gasteiger partial charge in [0.2, 0.25) is 0 Å². The normalized spacial score (nSPS) is 25.0. The third-order valence-electron chi connectivity index (χ3n) is 4.74. The number of ether oxygens (including phenoxy) is 2. The van der Waals surface area contributed by atoms with Crippen molar-refractivity contribution < 1.29 is 24.8 Å². The summed E-state index contributed by atoms with van der Waals surface area (Å²) in [5.74, 6) is 0. The fourth-order valence-corrected chi connectivity index (χ4v) is 3.15. The SMILES string of the molecule is CC/C=C/CCCCCCCCCCO[C@@H]1CO[C@@H]([C@@H](O)CO)[C@H]1O. The van der Waals surface area contributed by atoms with E-state index in [0.717, 1.165) is 19.3 Å². The van der Waals surface area contributed by atoms with Crippen LogP contribution in [0.15, 0.2) is 12.2 Å². The van der Waals surface area contributed by atoms with Gasteiger partial charge in [0.15, 0.2) is 0 Å². The zero-order valence-corrected chi connectivity index (χ0v) is 15.8. The fraction of sp³-hybridized carbons (Fsp3) is 0.900. The molecule has 25 heavy (non-hydrogen) atoms. The molecule has 0 unspecified atom stereocenters. The maximum Gasteiger partial charge on any atom is 0.114 e. The van der Waals surface area contributed by atoms with E-state index in [0.29, 0.717) is 6.61 Å². The third-order valence-corrected chi connectivity index (χ3v) is 4.74. The number of rotatable bonds is 15.